The molecule has 0 atom stereocenters. The lowest BCUT2D eigenvalue weighted by Crippen LogP contribution is -2.20. The summed E-state index contributed by atoms with van der Waals surface area (Å²) in [5, 5.41) is 2.16. The molecule has 0 spiro atoms. The molecule has 35 heavy (non-hydrogen) atoms. The predicted molar refractivity (Wildman–Crippen MR) is 148 cm³/mol. The van der Waals surface area contributed by atoms with Gasteiger partial charge in [0.05, 0.1) is 17.1 Å². The summed E-state index contributed by atoms with van der Waals surface area (Å²) in [7, 11) is 1.91. The Bertz CT molecular complexity index is 1500. The van der Waals surface area contributed by atoms with Crippen molar-refractivity contribution in [2.75, 3.05) is 0 Å². The van der Waals surface area contributed by atoms with Gasteiger partial charge in [0.2, 0.25) is 0 Å². The van der Waals surface area contributed by atoms with Crippen LogP contribution < -0.4 is 10.4 Å². The molecule has 2 aromatic carbocycles. The van der Waals surface area contributed by atoms with E-state index in [9.17, 15) is 4.79 Å². The van der Waals surface area contributed by atoms with E-state index < -0.39 is 0 Å². The van der Waals surface area contributed by atoms with E-state index in [2.05, 4.69) is 50.2 Å². The van der Waals surface area contributed by atoms with Crippen molar-refractivity contribution in [1.82, 2.24) is 13.9 Å². The van der Waals surface area contributed by atoms with Crippen LogP contribution in [0.5, 0.6) is 0 Å². The molecular formula is C28H29BrN4OS. The van der Waals surface area contributed by atoms with E-state index in [-0.39, 0.29) is 5.56 Å². The largest absolute Gasteiger partial charge is 0.316 e. The molecule has 0 radical (unpaired) electrons. The summed E-state index contributed by atoms with van der Waals surface area (Å²) in [5.41, 5.74) is 5.87. The molecule has 0 amide bonds. The van der Waals surface area contributed by atoms with Crippen LogP contribution in [0.15, 0.2) is 85.9 Å². The average molecular weight is 550 g/mol. The third-order valence-corrected chi connectivity index (χ3v) is 8.05. The Balaban J connectivity index is 1.62. The molecule has 5 rings (SSSR count). The molecule has 2 aromatic heterocycles. The van der Waals surface area contributed by atoms with Gasteiger partial charge in [-0.2, -0.15) is 0 Å². The fraction of sp³-hybridized carbons (Fsp3) is 0.286. The topological polar surface area (TPSA) is 44.2 Å². The van der Waals surface area contributed by atoms with Crippen molar-refractivity contribution < 1.29 is 0 Å². The zero-order chi connectivity index (χ0) is 24.4. The fourth-order valence-electron chi connectivity index (χ4n) is 4.68. The number of thiazole rings is 1. The standard InChI is InChI=1S/C28H29BrN4OS/c1-20-26(27(34)33(31(20)2)24-14-7-4-8-15-24)30-28-32(17-16-21-10-5-3-6-11-21)25(19-35-28)22-12-9-13-23(29)18-22/h4,7-10,12-15,18-19H,3,5-6,11,16-17H2,1-2H3. The van der Waals surface area contributed by atoms with Gasteiger partial charge in [-0.25, -0.2) is 9.67 Å². The maximum atomic E-state index is 13.5. The smallest absolute Gasteiger partial charge is 0.297 e. The second-order valence-corrected chi connectivity index (χ2v) is 10.7. The summed E-state index contributed by atoms with van der Waals surface area (Å²) in [6.07, 6.45) is 8.35. The highest BCUT2D eigenvalue weighted by molar-refractivity contribution is 9.10. The number of hydrogen-bond donors (Lipinski definition) is 0. The summed E-state index contributed by atoms with van der Waals surface area (Å²) in [6, 6.07) is 18.1. The van der Waals surface area contributed by atoms with Crippen molar-refractivity contribution in [2.24, 2.45) is 12.0 Å². The van der Waals surface area contributed by atoms with Crippen LogP contribution in [-0.4, -0.2) is 13.9 Å². The van der Waals surface area contributed by atoms with Gasteiger partial charge in [-0.05, 0) is 63.3 Å². The van der Waals surface area contributed by atoms with E-state index in [1.165, 1.54) is 31.3 Å². The van der Waals surface area contributed by atoms with E-state index in [0.717, 1.165) is 44.9 Å². The lowest BCUT2D eigenvalue weighted by molar-refractivity contribution is 0.620. The van der Waals surface area contributed by atoms with Crippen LogP contribution in [0, 0.1) is 6.92 Å². The van der Waals surface area contributed by atoms with Crippen molar-refractivity contribution >= 4 is 33.0 Å². The van der Waals surface area contributed by atoms with E-state index in [4.69, 9.17) is 4.99 Å². The van der Waals surface area contributed by atoms with E-state index in [1.807, 2.05) is 55.1 Å². The van der Waals surface area contributed by atoms with Gasteiger partial charge in [-0.3, -0.25) is 9.48 Å². The quantitative estimate of drug-likeness (QED) is 0.241. The molecule has 0 unspecified atom stereocenters. The predicted octanol–water partition coefficient (Wildman–Crippen LogP) is 6.90. The number of allylic oxidation sites excluding steroid dienone is 2. The van der Waals surface area contributed by atoms with Crippen LogP contribution in [0.4, 0.5) is 5.69 Å². The average Bonchev–Trinajstić information content (AvgIpc) is 3.37. The minimum absolute atomic E-state index is 0.102. The monoisotopic (exact) mass is 548 g/mol. The second kappa shape index (κ2) is 10.4. The van der Waals surface area contributed by atoms with Gasteiger partial charge < -0.3 is 4.57 Å². The fourth-order valence-corrected chi connectivity index (χ4v) is 6.02. The molecule has 4 aromatic rings. The first-order chi connectivity index (χ1) is 17.0. The number of benzene rings is 2. The number of hydrogen-bond acceptors (Lipinski definition) is 3. The lowest BCUT2D eigenvalue weighted by Gasteiger charge is -2.14. The zero-order valence-electron chi connectivity index (χ0n) is 20.1. The van der Waals surface area contributed by atoms with Crippen molar-refractivity contribution in [3.63, 3.8) is 0 Å². The molecule has 2 heterocycles. The molecule has 0 fully saturated rings. The Labute approximate surface area is 217 Å². The van der Waals surface area contributed by atoms with E-state index in [1.54, 1.807) is 16.0 Å². The summed E-state index contributed by atoms with van der Waals surface area (Å²) in [5.74, 6) is 0. The first-order valence-corrected chi connectivity index (χ1v) is 13.7. The Morgan fingerprint density at radius 2 is 1.91 bits per heavy atom. The van der Waals surface area contributed by atoms with Crippen LogP contribution in [-0.2, 0) is 13.6 Å². The molecule has 7 heteroatoms. The molecule has 0 aliphatic heterocycles. The maximum Gasteiger partial charge on any atom is 0.297 e. The first kappa shape index (κ1) is 23.8. The minimum Gasteiger partial charge on any atom is -0.316 e. The number of nitrogens with zero attached hydrogens (tertiary/aromatic N) is 4. The van der Waals surface area contributed by atoms with Gasteiger partial charge >= 0.3 is 0 Å². The van der Waals surface area contributed by atoms with Gasteiger partial charge in [-0.15, -0.1) is 11.3 Å². The normalized spacial score (nSPS) is 14.4. The van der Waals surface area contributed by atoms with Crippen LogP contribution in [0.1, 0.15) is 37.8 Å². The maximum absolute atomic E-state index is 13.5. The molecular weight excluding hydrogens is 520 g/mol. The summed E-state index contributed by atoms with van der Waals surface area (Å²) in [6.45, 7) is 2.80. The molecule has 0 N–H and O–H groups in total. The highest BCUT2D eigenvalue weighted by Gasteiger charge is 2.17. The molecule has 0 saturated heterocycles. The van der Waals surface area contributed by atoms with Gasteiger partial charge in [-0.1, -0.05) is 57.9 Å². The third-order valence-electron chi connectivity index (χ3n) is 6.69. The highest BCUT2D eigenvalue weighted by Crippen LogP contribution is 2.26. The Kier molecular flexibility index (Phi) is 7.07. The SMILES string of the molecule is Cc1c(N=c2scc(-c3cccc(Br)c3)n2CCC2=CCCCC2)c(=O)n(-c2ccccc2)n1C. The number of para-hydroxylation sites is 1. The zero-order valence-corrected chi connectivity index (χ0v) is 22.5. The van der Waals surface area contributed by atoms with Crippen LogP contribution in [0.25, 0.3) is 16.9 Å². The van der Waals surface area contributed by atoms with Gasteiger partial charge in [0.1, 0.15) is 0 Å². The molecule has 1 aliphatic carbocycles. The van der Waals surface area contributed by atoms with E-state index >= 15 is 0 Å². The highest BCUT2D eigenvalue weighted by atomic mass is 79.9. The summed E-state index contributed by atoms with van der Waals surface area (Å²) < 4.78 is 6.90. The molecule has 0 bridgehead atoms. The first-order valence-electron chi connectivity index (χ1n) is 12.0. The van der Waals surface area contributed by atoms with Crippen molar-refractivity contribution in [1.29, 1.82) is 0 Å². The van der Waals surface area contributed by atoms with Gasteiger partial charge in [0, 0.05) is 29.0 Å². The number of rotatable bonds is 6. The van der Waals surface area contributed by atoms with Crippen LogP contribution in [0.3, 0.4) is 0 Å². The number of halogens is 1. The summed E-state index contributed by atoms with van der Waals surface area (Å²) >= 11 is 5.20. The van der Waals surface area contributed by atoms with Gasteiger partial charge in [0.15, 0.2) is 10.5 Å². The van der Waals surface area contributed by atoms with Crippen LogP contribution >= 0.6 is 27.3 Å². The Morgan fingerprint density at radius 3 is 2.66 bits per heavy atom. The van der Waals surface area contributed by atoms with E-state index in [0.29, 0.717) is 5.69 Å². The second-order valence-electron chi connectivity index (χ2n) is 8.95. The van der Waals surface area contributed by atoms with Crippen molar-refractivity contribution in [2.45, 2.75) is 45.6 Å². The minimum atomic E-state index is -0.102. The van der Waals surface area contributed by atoms with Crippen molar-refractivity contribution in [3.05, 3.63) is 96.9 Å². The van der Waals surface area contributed by atoms with Crippen LogP contribution in [0.2, 0.25) is 0 Å². The summed E-state index contributed by atoms with van der Waals surface area (Å²) in [4.78, 5) is 19.3. The van der Waals surface area contributed by atoms with Gasteiger partial charge in [0.25, 0.3) is 5.56 Å². The lowest BCUT2D eigenvalue weighted by atomic mass is 9.97. The Hall–Kier alpha value is -2.90. The molecule has 1 aliphatic rings. The molecule has 5 nitrogen and oxygen atoms in total. The third kappa shape index (κ3) is 4.93. The van der Waals surface area contributed by atoms with Crippen molar-refractivity contribution in [3.8, 4) is 16.9 Å². The molecule has 180 valence electrons. The Morgan fingerprint density at radius 1 is 1.09 bits per heavy atom. The molecule has 0 saturated carbocycles. The number of aromatic nitrogens is 3.